The number of nitrogens with zero attached hydrogens (tertiary/aromatic N) is 3. The lowest BCUT2D eigenvalue weighted by atomic mass is 10.0. The molecule has 0 aliphatic carbocycles. The van der Waals surface area contributed by atoms with E-state index in [0.717, 1.165) is 28.5 Å². The van der Waals surface area contributed by atoms with Crippen molar-refractivity contribution < 1.29 is 4.74 Å². The maximum Gasteiger partial charge on any atom is 0.174 e. The topological polar surface area (TPSA) is 42.3 Å². The van der Waals surface area contributed by atoms with Crippen molar-refractivity contribution in [3.8, 4) is 11.4 Å². The van der Waals surface area contributed by atoms with E-state index in [1.807, 2.05) is 66.9 Å². The van der Waals surface area contributed by atoms with Gasteiger partial charge in [-0.2, -0.15) is 0 Å². The van der Waals surface area contributed by atoms with Crippen LogP contribution in [0.3, 0.4) is 0 Å². The average molecular weight is 427 g/mol. The molecule has 3 heterocycles. The third-order valence-electron chi connectivity index (χ3n) is 5.57. The lowest BCUT2D eigenvalue weighted by molar-refractivity contribution is 0.415. The van der Waals surface area contributed by atoms with Gasteiger partial charge < -0.3 is 19.5 Å². The minimum absolute atomic E-state index is 0.0778. The Balaban J connectivity index is 1.65. The summed E-state index contributed by atoms with van der Waals surface area (Å²) in [6, 6.07) is 28.4. The standard InChI is InChI=1S/C25H22N4OS/c1-30-20-14-12-19(13-15-20)29-24(23(27-25(29)31)21-10-5-6-16-26-21)22-11-7-17-28(22)18-8-3-2-4-9-18/h2-17,23-24H,1H3,(H,27,31)/t23-,24+/m1/s1. The van der Waals surface area contributed by atoms with E-state index < -0.39 is 0 Å². The van der Waals surface area contributed by atoms with E-state index in [1.165, 1.54) is 0 Å². The first kappa shape index (κ1) is 19.3. The summed E-state index contributed by atoms with van der Waals surface area (Å²) < 4.78 is 7.56. The second-order valence-electron chi connectivity index (χ2n) is 7.33. The molecular formula is C25H22N4OS. The van der Waals surface area contributed by atoms with Crippen LogP contribution < -0.4 is 15.0 Å². The molecule has 2 atom stereocenters. The average Bonchev–Trinajstić information content (AvgIpc) is 3.44. The summed E-state index contributed by atoms with van der Waals surface area (Å²) in [6.45, 7) is 0. The Bertz CT molecular complexity index is 1180. The van der Waals surface area contributed by atoms with Gasteiger partial charge in [-0.05, 0) is 72.9 Å². The van der Waals surface area contributed by atoms with Gasteiger partial charge in [-0.15, -0.1) is 0 Å². The predicted octanol–water partition coefficient (Wildman–Crippen LogP) is 5.06. The van der Waals surface area contributed by atoms with Gasteiger partial charge in [0, 0.05) is 29.5 Å². The van der Waals surface area contributed by atoms with Gasteiger partial charge in [0.15, 0.2) is 5.11 Å². The molecule has 6 heteroatoms. The van der Waals surface area contributed by atoms with E-state index in [2.05, 4.69) is 50.2 Å². The molecule has 2 aromatic heterocycles. The largest absolute Gasteiger partial charge is 0.497 e. The Morgan fingerprint density at radius 1 is 0.871 bits per heavy atom. The Hall–Kier alpha value is -3.64. The van der Waals surface area contributed by atoms with Crippen LogP contribution in [0.5, 0.6) is 5.75 Å². The summed E-state index contributed by atoms with van der Waals surface area (Å²) in [5.41, 5.74) is 4.19. The molecule has 0 amide bonds. The number of thiocarbonyl (C=S) groups is 1. The fraction of sp³-hybridized carbons (Fsp3) is 0.120. The molecule has 4 aromatic rings. The fourth-order valence-electron chi connectivity index (χ4n) is 4.14. The van der Waals surface area contributed by atoms with Crippen LogP contribution in [0.2, 0.25) is 0 Å². The smallest absolute Gasteiger partial charge is 0.174 e. The number of rotatable bonds is 5. The molecule has 1 N–H and O–H groups in total. The summed E-state index contributed by atoms with van der Waals surface area (Å²) in [5, 5.41) is 4.19. The lowest BCUT2D eigenvalue weighted by Crippen LogP contribution is -2.30. The molecule has 1 fully saturated rings. The van der Waals surface area contributed by atoms with Crippen LogP contribution >= 0.6 is 12.2 Å². The SMILES string of the molecule is COc1ccc(N2C(=S)N[C@H](c3ccccn3)[C@@H]2c2cccn2-c2ccccc2)cc1. The van der Waals surface area contributed by atoms with Crippen molar-refractivity contribution in [2.45, 2.75) is 12.1 Å². The molecule has 5 nitrogen and oxygen atoms in total. The highest BCUT2D eigenvalue weighted by atomic mass is 32.1. The van der Waals surface area contributed by atoms with Crippen LogP contribution in [0, 0.1) is 0 Å². The molecule has 0 unspecified atom stereocenters. The predicted molar refractivity (Wildman–Crippen MR) is 127 cm³/mol. The molecule has 0 spiro atoms. The number of anilines is 1. The van der Waals surface area contributed by atoms with Crippen molar-refractivity contribution in [2.24, 2.45) is 0 Å². The van der Waals surface area contributed by atoms with Crippen molar-refractivity contribution in [1.82, 2.24) is 14.9 Å². The van der Waals surface area contributed by atoms with Gasteiger partial charge in [-0.3, -0.25) is 4.98 Å². The quantitative estimate of drug-likeness (QED) is 0.452. The molecule has 31 heavy (non-hydrogen) atoms. The number of hydrogen-bond donors (Lipinski definition) is 1. The first-order valence-corrected chi connectivity index (χ1v) is 10.5. The third-order valence-corrected chi connectivity index (χ3v) is 5.88. The Morgan fingerprint density at radius 2 is 1.65 bits per heavy atom. The fourth-order valence-corrected chi connectivity index (χ4v) is 4.48. The Labute approximate surface area is 186 Å². The number of aromatic nitrogens is 2. The molecule has 154 valence electrons. The molecule has 1 aliphatic rings. The van der Waals surface area contributed by atoms with Gasteiger partial charge in [0.2, 0.25) is 0 Å². The van der Waals surface area contributed by atoms with E-state index in [4.69, 9.17) is 17.0 Å². The first-order chi connectivity index (χ1) is 15.3. The summed E-state index contributed by atoms with van der Waals surface area (Å²) in [6.07, 6.45) is 3.91. The van der Waals surface area contributed by atoms with E-state index >= 15 is 0 Å². The van der Waals surface area contributed by atoms with Crippen LogP contribution in [0.4, 0.5) is 5.69 Å². The highest BCUT2D eigenvalue weighted by Gasteiger charge is 2.42. The minimum Gasteiger partial charge on any atom is -0.497 e. The Morgan fingerprint density at radius 3 is 2.35 bits per heavy atom. The third kappa shape index (κ3) is 3.55. The maximum atomic E-state index is 5.82. The molecule has 0 saturated carbocycles. The van der Waals surface area contributed by atoms with E-state index in [1.54, 1.807) is 7.11 Å². The highest BCUT2D eigenvalue weighted by molar-refractivity contribution is 7.80. The zero-order chi connectivity index (χ0) is 21.2. The molecule has 5 rings (SSSR count). The number of nitrogens with one attached hydrogen (secondary N) is 1. The zero-order valence-corrected chi connectivity index (χ0v) is 17.9. The van der Waals surface area contributed by atoms with Crippen molar-refractivity contribution >= 4 is 23.0 Å². The lowest BCUT2D eigenvalue weighted by Gasteiger charge is -2.29. The number of pyridine rings is 1. The van der Waals surface area contributed by atoms with Crippen molar-refractivity contribution in [1.29, 1.82) is 0 Å². The first-order valence-electron chi connectivity index (χ1n) is 10.1. The second-order valence-corrected chi connectivity index (χ2v) is 7.72. The monoisotopic (exact) mass is 426 g/mol. The van der Waals surface area contributed by atoms with E-state index in [9.17, 15) is 0 Å². The van der Waals surface area contributed by atoms with Gasteiger partial charge >= 0.3 is 0 Å². The number of benzene rings is 2. The van der Waals surface area contributed by atoms with Gasteiger partial charge in [0.05, 0.1) is 18.8 Å². The Kier molecular flexibility index (Phi) is 5.14. The molecule has 0 radical (unpaired) electrons. The van der Waals surface area contributed by atoms with E-state index in [0.29, 0.717) is 5.11 Å². The zero-order valence-electron chi connectivity index (χ0n) is 17.1. The number of methoxy groups -OCH3 is 1. The molecule has 1 saturated heterocycles. The van der Waals surface area contributed by atoms with E-state index in [-0.39, 0.29) is 12.1 Å². The molecule has 0 bridgehead atoms. The molecular weight excluding hydrogens is 404 g/mol. The molecule has 2 aromatic carbocycles. The second kappa shape index (κ2) is 8.24. The van der Waals surface area contributed by atoms with Gasteiger partial charge in [0.1, 0.15) is 11.8 Å². The van der Waals surface area contributed by atoms with Crippen LogP contribution in [0.15, 0.2) is 97.3 Å². The number of ether oxygens (including phenoxy) is 1. The summed E-state index contributed by atoms with van der Waals surface area (Å²) >= 11 is 5.82. The van der Waals surface area contributed by atoms with Gasteiger partial charge in [-0.1, -0.05) is 24.3 Å². The van der Waals surface area contributed by atoms with Crippen LogP contribution in [0.25, 0.3) is 5.69 Å². The normalized spacial score (nSPS) is 18.1. The highest BCUT2D eigenvalue weighted by Crippen LogP contribution is 2.42. The number of hydrogen-bond acceptors (Lipinski definition) is 3. The minimum atomic E-state index is -0.0897. The maximum absolute atomic E-state index is 5.82. The summed E-state index contributed by atoms with van der Waals surface area (Å²) in [5.74, 6) is 0.812. The number of para-hydroxylation sites is 1. The van der Waals surface area contributed by atoms with Gasteiger partial charge in [-0.25, -0.2) is 0 Å². The summed E-state index contributed by atoms with van der Waals surface area (Å²) in [7, 11) is 1.67. The molecule has 1 aliphatic heterocycles. The van der Waals surface area contributed by atoms with Crippen molar-refractivity contribution in [3.63, 3.8) is 0 Å². The van der Waals surface area contributed by atoms with Crippen molar-refractivity contribution in [2.75, 3.05) is 12.0 Å². The van der Waals surface area contributed by atoms with Crippen molar-refractivity contribution in [3.05, 3.63) is 109 Å². The van der Waals surface area contributed by atoms with Crippen LogP contribution in [-0.4, -0.2) is 21.8 Å². The summed E-state index contributed by atoms with van der Waals surface area (Å²) in [4.78, 5) is 6.80. The van der Waals surface area contributed by atoms with Gasteiger partial charge in [0.25, 0.3) is 0 Å². The van der Waals surface area contributed by atoms with Crippen LogP contribution in [-0.2, 0) is 0 Å². The van der Waals surface area contributed by atoms with Crippen LogP contribution in [0.1, 0.15) is 23.5 Å².